The van der Waals surface area contributed by atoms with Crippen molar-refractivity contribution in [1.82, 2.24) is 0 Å². The molecule has 0 saturated carbocycles. The van der Waals surface area contributed by atoms with Crippen molar-refractivity contribution in [2.75, 3.05) is 6.54 Å². The first-order valence-electron chi connectivity index (χ1n) is 5.91. The van der Waals surface area contributed by atoms with Gasteiger partial charge in [0.15, 0.2) is 0 Å². The van der Waals surface area contributed by atoms with E-state index in [-0.39, 0.29) is 5.92 Å². The number of hydrogen-bond acceptors (Lipinski definition) is 3. The zero-order chi connectivity index (χ0) is 14.0. The second-order valence-corrected chi connectivity index (χ2v) is 6.16. The lowest BCUT2D eigenvalue weighted by Gasteiger charge is -2.21. The molecular weight excluding hydrogens is 301 g/mol. The van der Waals surface area contributed by atoms with E-state index < -0.39 is 6.10 Å². The Morgan fingerprint density at radius 2 is 1.89 bits per heavy atom. The van der Waals surface area contributed by atoms with Crippen LogP contribution in [0.1, 0.15) is 28.0 Å². The van der Waals surface area contributed by atoms with Crippen LogP contribution in [0.3, 0.4) is 0 Å². The van der Waals surface area contributed by atoms with Crippen LogP contribution in [0.4, 0.5) is 0 Å². The molecule has 102 valence electrons. The smallest absolute Gasteiger partial charge is 0.0977 e. The first-order valence-corrected chi connectivity index (χ1v) is 7.55. The molecule has 1 heterocycles. The molecule has 2 rings (SSSR count). The van der Waals surface area contributed by atoms with Crippen molar-refractivity contribution in [2.24, 2.45) is 5.73 Å². The van der Waals surface area contributed by atoms with Crippen LogP contribution >= 0.6 is 34.5 Å². The number of thiophene rings is 1. The van der Waals surface area contributed by atoms with Crippen LogP contribution < -0.4 is 5.73 Å². The van der Waals surface area contributed by atoms with Crippen molar-refractivity contribution in [3.05, 3.63) is 55.7 Å². The van der Waals surface area contributed by atoms with Crippen molar-refractivity contribution in [3.63, 3.8) is 0 Å². The number of nitrogens with two attached hydrogens (primary N) is 1. The molecule has 2 aromatic rings. The summed E-state index contributed by atoms with van der Waals surface area (Å²) in [5, 5.41) is 13.7. The minimum absolute atomic E-state index is 0.187. The van der Waals surface area contributed by atoms with Crippen LogP contribution in [-0.4, -0.2) is 11.7 Å². The third-order valence-corrected chi connectivity index (χ3v) is 5.16. The summed E-state index contributed by atoms with van der Waals surface area (Å²) in [6.07, 6.45) is -0.697. The third kappa shape index (κ3) is 3.12. The zero-order valence-corrected chi connectivity index (χ0v) is 12.8. The fourth-order valence-corrected chi connectivity index (χ4v) is 3.47. The number of aliphatic hydroxyl groups excluding tert-OH is 1. The molecule has 2 atom stereocenters. The molecule has 1 aromatic heterocycles. The van der Waals surface area contributed by atoms with Gasteiger partial charge in [-0.1, -0.05) is 35.3 Å². The van der Waals surface area contributed by atoms with Gasteiger partial charge in [0.2, 0.25) is 0 Å². The maximum atomic E-state index is 10.5. The maximum Gasteiger partial charge on any atom is 0.0977 e. The number of hydrogen-bond donors (Lipinski definition) is 2. The monoisotopic (exact) mass is 315 g/mol. The Labute approximate surface area is 126 Å². The van der Waals surface area contributed by atoms with Gasteiger partial charge in [-0.05, 0) is 35.6 Å². The molecule has 19 heavy (non-hydrogen) atoms. The lowest BCUT2D eigenvalue weighted by molar-refractivity contribution is 0.151. The second kappa shape index (κ2) is 6.25. The fraction of sp³-hybridized carbons (Fsp3) is 0.286. The Morgan fingerprint density at radius 1 is 1.26 bits per heavy atom. The van der Waals surface area contributed by atoms with E-state index in [1.165, 1.54) is 11.3 Å². The highest BCUT2D eigenvalue weighted by molar-refractivity contribution is 7.10. The van der Waals surface area contributed by atoms with E-state index in [4.69, 9.17) is 28.9 Å². The van der Waals surface area contributed by atoms with E-state index in [9.17, 15) is 5.11 Å². The molecule has 2 nitrogen and oxygen atoms in total. The normalized spacial score (nSPS) is 14.4. The van der Waals surface area contributed by atoms with E-state index in [1.54, 1.807) is 12.1 Å². The van der Waals surface area contributed by atoms with Crippen molar-refractivity contribution in [3.8, 4) is 0 Å². The molecule has 0 aliphatic heterocycles. The van der Waals surface area contributed by atoms with Crippen LogP contribution in [0.15, 0.2) is 29.6 Å². The average molecular weight is 316 g/mol. The van der Waals surface area contributed by atoms with E-state index in [2.05, 4.69) is 0 Å². The number of aliphatic hydroxyl groups is 1. The summed E-state index contributed by atoms with van der Waals surface area (Å²) in [5.74, 6) is -0.187. The largest absolute Gasteiger partial charge is 0.387 e. The standard InChI is InChI=1S/C14H15Cl2NOS/c1-8-7-19-14(12(8)16)13(18)11(6-17)9-2-4-10(15)5-3-9/h2-5,7,11,13,18H,6,17H2,1H3. The molecule has 0 aliphatic carbocycles. The first kappa shape index (κ1) is 14.8. The molecule has 0 saturated heterocycles. The number of rotatable bonds is 4. The van der Waals surface area contributed by atoms with Gasteiger partial charge in [0.25, 0.3) is 0 Å². The fourth-order valence-electron chi connectivity index (χ4n) is 1.99. The molecule has 0 radical (unpaired) electrons. The summed E-state index contributed by atoms with van der Waals surface area (Å²) in [5.41, 5.74) is 7.75. The van der Waals surface area contributed by atoms with E-state index in [0.29, 0.717) is 16.6 Å². The molecule has 1 aromatic carbocycles. The number of benzene rings is 1. The lowest BCUT2D eigenvalue weighted by Crippen LogP contribution is -2.19. The molecule has 0 aliphatic rings. The minimum Gasteiger partial charge on any atom is -0.387 e. The van der Waals surface area contributed by atoms with E-state index >= 15 is 0 Å². The second-order valence-electron chi connectivity index (χ2n) is 4.44. The Kier molecular flexibility index (Phi) is 4.87. The van der Waals surface area contributed by atoms with Gasteiger partial charge in [0.1, 0.15) is 0 Å². The maximum absolute atomic E-state index is 10.5. The van der Waals surface area contributed by atoms with Gasteiger partial charge in [-0.15, -0.1) is 11.3 Å². The highest BCUT2D eigenvalue weighted by Crippen LogP contribution is 2.39. The average Bonchev–Trinajstić information content (AvgIpc) is 2.73. The van der Waals surface area contributed by atoms with E-state index in [0.717, 1.165) is 16.0 Å². The van der Waals surface area contributed by atoms with Gasteiger partial charge in [-0.25, -0.2) is 0 Å². The summed E-state index contributed by atoms with van der Waals surface area (Å²) in [6, 6.07) is 7.37. The lowest BCUT2D eigenvalue weighted by atomic mass is 9.92. The third-order valence-electron chi connectivity index (χ3n) is 3.13. The summed E-state index contributed by atoms with van der Waals surface area (Å²) in [7, 11) is 0. The van der Waals surface area contributed by atoms with Crippen molar-refractivity contribution < 1.29 is 5.11 Å². The van der Waals surface area contributed by atoms with Crippen LogP contribution in [0, 0.1) is 6.92 Å². The Balaban J connectivity index is 2.31. The predicted octanol–water partition coefficient (Wildman–Crippen LogP) is 4.14. The van der Waals surface area contributed by atoms with Crippen LogP contribution in [0.25, 0.3) is 0 Å². The molecule has 0 amide bonds. The molecule has 5 heteroatoms. The van der Waals surface area contributed by atoms with Crippen molar-refractivity contribution in [1.29, 1.82) is 0 Å². The van der Waals surface area contributed by atoms with Crippen molar-refractivity contribution in [2.45, 2.75) is 18.9 Å². The topological polar surface area (TPSA) is 46.2 Å². The Bertz CT molecular complexity index is 553. The van der Waals surface area contributed by atoms with Gasteiger partial charge in [-0.3, -0.25) is 0 Å². The van der Waals surface area contributed by atoms with Crippen LogP contribution in [-0.2, 0) is 0 Å². The quantitative estimate of drug-likeness (QED) is 0.890. The van der Waals surface area contributed by atoms with E-state index in [1.807, 2.05) is 24.4 Å². The summed E-state index contributed by atoms with van der Waals surface area (Å²) in [4.78, 5) is 0.768. The highest BCUT2D eigenvalue weighted by atomic mass is 35.5. The molecule has 2 unspecified atom stereocenters. The highest BCUT2D eigenvalue weighted by Gasteiger charge is 2.25. The summed E-state index contributed by atoms with van der Waals surface area (Å²) in [6.45, 7) is 2.27. The summed E-state index contributed by atoms with van der Waals surface area (Å²) < 4.78 is 0. The van der Waals surface area contributed by atoms with Gasteiger partial charge < -0.3 is 10.8 Å². The molecule has 0 bridgehead atoms. The van der Waals surface area contributed by atoms with Gasteiger partial charge in [0.05, 0.1) is 16.0 Å². The molecular formula is C14H15Cl2NOS. The van der Waals surface area contributed by atoms with Crippen LogP contribution in [0.5, 0.6) is 0 Å². The SMILES string of the molecule is Cc1csc(C(O)C(CN)c2ccc(Cl)cc2)c1Cl. The molecule has 0 fully saturated rings. The first-order chi connectivity index (χ1) is 9.04. The van der Waals surface area contributed by atoms with Gasteiger partial charge in [-0.2, -0.15) is 0 Å². The molecule has 0 spiro atoms. The van der Waals surface area contributed by atoms with Crippen LogP contribution in [0.2, 0.25) is 10.0 Å². The Morgan fingerprint density at radius 3 is 2.37 bits per heavy atom. The van der Waals surface area contributed by atoms with Gasteiger partial charge >= 0.3 is 0 Å². The number of aryl methyl sites for hydroxylation is 1. The minimum atomic E-state index is -0.697. The summed E-state index contributed by atoms with van der Waals surface area (Å²) >= 11 is 13.5. The van der Waals surface area contributed by atoms with Gasteiger partial charge in [0, 0.05) is 17.5 Å². The predicted molar refractivity (Wildman–Crippen MR) is 82.3 cm³/mol. The zero-order valence-electron chi connectivity index (χ0n) is 10.4. The van der Waals surface area contributed by atoms with Crippen molar-refractivity contribution >= 4 is 34.5 Å². The number of halogens is 2. The molecule has 3 N–H and O–H groups in total. The Hall–Kier alpha value is -0.580.